The number of benzene rings is 1. The van der Waals surface area contributed by atoms with Crippen molar-refractivity contribution in [3.63, 3.8) is 0 Å². The Morgan fingerprint density at radius 2 is 1.84 bits per heavy atom. The lowest BCUT2D eigenvalue weighted by Crippen LogP contribution is -2.59. The molecule has 300 valence electrons. The molecule has 12 atom stereocenters. The van der Waals surface area contributed by atoms with Gasteiger partial charge in [-0.3, -0.25) is 9.59 Å². The van der Waals surface area contributed by atoms with Gasteiger partial charge in [-0.2, -0.15) is 0 Å². The number of thiazole rings is 1. The van der Waals surface area contributed by atoms with Crippen LogP contribution >= 0.6 is 11.3 Å². The lowest BCUT2D eigenvalue weighted by Gasteiger charge is -2.48. The van der Waals surface area contributed by atoms with Crippen LogP contribution in [0.4, 0.5) is 0 Å². The number of rotatable bonds is 5. The number of aromatic nitrogens is 1. The Balaban J connectivity index is 1.27. The van der Waals surface area contributed by atoms with Gasteiger partial charge in [0.25, 0.3) is 0 Å². The van der Waals surface area contributed by atoms with Crippen molar-refractivity contribution in [2.45, 2.75) is 122 Å². The number of aliphatic hydroxyl groups is 1. The highest BCUT2D eigenvalue weighted by Gasteiger charge is 2.61. The van der Waals surface area contributed by atoms with Crippen LogP contribution in [0.1, 0.15) is 84.0 Å². The fourth-order valence-electron chi connectivity index (χ4n) is 8.79. The van der Waals surface area contributed by atoms with Gasteiger partial charge in [0.05, 0.1) is 29.0 Å². The molecule has 56 heavy (non-hydrogen) atoms. The topological polar surface area (TPSA) is 140 Å². The van der Waals surface area contributed by atoms with Gasteiger partial charge in [-0.1, -0.05) is 82.7 Å². The molecule has 2 bridgehead atoms. The summed E-state index contributed by atoms with van der Waals surface area (Å²) in [6.07, 6.45) is 11.4. The summed E-state index contributed by atoms with van der Waals surface area (Å²) in [6.45, 7) is 13.4. The second kappa shape index (κ2) is 16.1. The fraction of sp³-hybridized carbons (Fsp3) is 0.545. The number of nitrogens with zero attached hydrogens (tertiary/aromatic N) is 1. The summed E-state index contributed by atoms with van der Waals surface area (Å²) in [6, 6.07) is 7.44. The standard InChI is InChI=1S/C44H53NO10S/c1-8-24(2)37-27(5)18-19-43(55-37)22-32-21-31(54-43)17-16-26(4)36(51-29(7)46)25(3)12-11-13-30-23-50-39-38(28(6)20-33(41(47)52-32)44(30,39)49)53-42(48)40-45-34-14-9-10-15-35(34)56-40/h9-16,18-20,24-25,27,31-33,36-39,49H,8,17,21-23H2,1-7H3/b12-11+,26-16+,30-13+/t24-,25-,27-,31+,32-,33-,36-,37+,38+,39+,43+,44+/m0/s1. The third kappa shape index (κ3) is 7.83. The molecule has 0 saturated carbocycles. The van der Waals surface area contributed by atoms with E-state index in [0.717, 1.165) is 16.7 Å². The maximum Gasteiger partial charge on any atom is 0.368 e. The molecule has 11 nitrogen and oxygen atoms in total. The predicted molar refractivity (Wildman–Crippen MR) is 210 cm³/mol. The molecule has 1 aromatic heterocycles. The van der Waals surface area contributed by atoms with Gasteiger partial charge >= 0.3 is 17.9 Å². The van der Waals surface area contributed by atoms with Gasteiger partial charge in [0.2, 0.25) is 5.01 Å². The Bertz CT molecular complexity index is 1960. The van der Waals surface area contributed by atoms with Crippen LogP contribution in [0.25, 0.3) is 10.2 Å². The number of para-hydroxylation sites is 1. The molecule has 0 amide bonds. The summed E-state index contributed by atoms with van der Waals surface area (Å²) in [7, 11) is 0. The van der Waals surface area contributed by atoms with Crippen molar-refractivity contribution < 1.29 is 47.9 Å². The summed E-state index contributed by atoms with van der Waals surface area (Å²) in [5, 5.41) is 13.0. The number of carbonyl (C=O) groups is 3. The molecule has 12 heteroatoms. The minimum Gasteiger partial charge on any atom is -0.462 e. The van der Waals surface area contributed by atoms with Crippen molar-refractivity contribution in [3.8, 4) is 0 Å². The van der Waals surface area contributed by atoms with Crippen molar-refractivity contribution in [1.82, 2.24) is 4.98 Å². The van der Waals surface area contributed by atoms with Crippen molar-refractivity contribution in [1.29, 1.82) is 0 Å². The SMILES string of the molecule is CC[C@H](C)[C@H]1O[C@]2(C=C[C@@H]1C)C[C@@H]1C[C@@H](C/C=C(\C)[C@@H](OC(C)=O)[C@@H](C)/C=C/C=C3\CO[C@@H]4[C@H](OC(=O)c5nc6ccccc6s5)C(C)=C[C@@H](C(=O)O1)[C@]34O)O2. The molecule has 0 radical (unpaired) electrons. The van der Waals surface area contributed by atoms with Crippen LogP contribution in [0.5, 0.6) is 0 Å². The van der Waals surface area contributed by atoms with Crippen LogP contribution < -0.4 is 0 Å². The zero-order valence-electron chi connectivity index (χ0n) is 33.1. The van der Waals surface area contributed by atoms with Gasteiger partial charge in [-0.15, -0.1) is 11.3 Å². The Hall–Kier alpha value is -3.94. The molecule has 2 fully saturated rings. The highest BCUT2D eigenvalue weighted by atomic mass is 32.1. The van der Waals surface area contributed by atoms with Gasteiger partial charge in [0.15, 0.2) is 11.9 Å². The van der Waals surface area contributed by atoms with E-state index >= 15 is 0 Å². The van der Waals surface area contributed by atoms with Crippen LogP contribution in [-0.4, -0.2) is 82.6 Å². The maximum absolute atomic E-state index is 14.5. The molecule has 5 heterocycles. The number of hydrogen-bond acceptors (Lipinski definition) is 12. The lowest BCUT2D eigenvalue weighted by atomic mass is 9.70. The second-order valence-corrected chi connectivity index (χ2v) is 17.2. The van der Waals surface area contributed by atoms with Crippen molar-refractivity contribution in [2.24, 2.45) is 23.7 Å². The van der Waals surface area contributed by atoms with E-state index in [1.54, 1.807) is 25.2 Å². The van der Waals surface area contributed by atoms with Gasteiger partial charge in [-0.25, -0.2) is 9.78 Å². The van der Waals surface area contributed by atoms with E-state index in [1.165, 1.54) is 18.3 Å². The first-order chi connectivity index (χ1) is 26.7. The molecule has 0 unspecified atom stereocenters. The van der Waals surface area contributed by atoms with Crippen molar-refractivity contribution in [2.75, 3.05) is 6.61 Å². The van der Waals surface area contributed by atoms with E-state index in [1.807, 2.05) is 56.3 Å². The maximum atomic E-state index is 14.5. The molecule has 1 N–H and O–H groups in total. The number of carbonyl (C=O) groups excluding carboxylic acids is 3. The zero-order chi connectivity index (χ0) is 39.9. The molecule has 7 rings (SSSR count). The smallest absolute Gasteiger partial charge is 0.368 e. The van der Waals surface area contributed by atoms with Gasteiger partial charge in [0.1, 0.15) is 29.8 Å². The Kier molecular flexibility index (Phi) is 11.6. The summed E-state index contributed by atoms with van der Waals surface area (Å²) >= 11 is 1.22. The summed E-state index contributed by atoms with van der Waals surface area (Å²) < 4.78 is 39.0. The number of esters is 3. The molecular weight excluding hydrogens is 735 g/mol. The van der Waals surface area contributed by atoms with E-state index in [2.05, 4.69) is 31.8 Å². The Labute approximate surface area is 332 Å². The van der Waals surface area contributed by atoms with Crippen LogP contribution in [0.15, 0.2) is 83.5 Å². The largest absolute Gasteiger partial charge is 0.462 e. The predicted octanol–water partition coefficient (Wildman–Crippen LogP) is 7.35. The first kappa shape index (κ1) is 40.3. The average Bonchev–Trinajstić information content (AvgIpc) is 3.75. The molecular formula is C44H53NO10S. The number of allylic oxidation sites excluding steroid dienone is 2. The van der Waals surface area contributed by atoms with Gasteiger partial charge < -0.3 is 33.5 Å². The molecule has 2 aromatic rings. The van der Waals surface area contributed by atoms with Crippen molar-refractivity contribution in [3.05, 3.63) is 88.5 Å². The molecule has 5 aliphatic rings. The summed E-state index contributed by atoms with van der Waals surface area (Å²) in [4.78, 5) is 44.9. The third-order valence-electron chi connectivity index (χ3n) is 12.0. The van der Waals surface area contributed by atoms with Crippen LogP contribution in [-0.2, 0) is 38.0 Å². The Morgan fingerprint density at radius 3 is 2.59 bits per heavy atom. The van der Waals surface area contributed by atoms with E-state index in [0.29, 0.717) is 29.5 Å². The number of fused-ring (bicyclic) bond motifs is 3. The first-order valence-electron chi connectivity index (χ1n) is 19.8. The molecule has 4 aliphatic heterocycles. The quantitative estimate of drug-likeness (QED) is 0.185. The summed E-state index contributed by atoms with van der Waals surface area (Å²) in [5.74, 6) is -3.82. The van der Waals surface area contributed by atoms with E-state index < -0.39 is 65.7 Å². The van der Waals surface area contributed by atoms with Crippen LogP contribution in [0.2, 0.25) is 0 Å². The normalized spacial score (nSPS) is 39.0. The minimum atomic E-state index is -1.93. The van der Waals surface area contributed by atoms with E-state index in [4.69, 9.17) is 28.4 Å². The molecule has 2 saturated heterocycles. The number of ether oxygens (including phenoxy) is 6. The third-order valence-corrected chi connectivity index (χ3v) is 13.0. The van der Waals surface area contributed by atoms with E-state index in [-0.39, 0.29) is 41.9 Å². The minimum absolute atomic E-state index is 0.0252. The zero-order valence-corrected chi connectivity index (χ0v) is 34.0. The van der Waals surface area contributed by atoms with Gasteiger partial charge in [-0.05, 0) is 61.1 Å². The lowest BCUT2D eigenvalue weighted by molar-refractivity contribution is -0.300. The second-order valence-electron chi connectivity index (χ2n) is 16.1. The monoisotopic (exact) mass is 787 g/mol. The van der Waals surface area contributed by atoms with Gasteiger partial charge in [0, 0.05) is 31.6 Å². The molecule has 1 aliphatic carbocycles. The molecule has 1 aromatic carbocycles. The highest BCUT2D eigenvalue weighted by Crippen LogP contribution is 2.48. The Morgan fingerprint density at radius 1 is 1.05 bits per heavy atom. The first-order valence-corrected chi connectivity index (χ1v) is 20.6. The van der Waals surface area contributed by atoms with E-state index in [9.17, 15) is 19.5 Å². The number of hydrogen-bond donors (Lipinski definition) is 1. The fourth-order valence-corrected chi connectivity index (χ4v) is 9.64. The summed E-state index contributed by atoms with van der Waals surface area (Å²) in [5.41, 5.74) is 0.581. The highest BCUT2D eigenvalue weighted by molar-refractivity contribution is 7.20. The van der Waals surface area contributed by atoms with Crippen LogP contribution in [0.3, 0.4) is 0 Å². The average molecular weight is 788 g/mol. The van der Waals surface area contributed by atoms with Crippen molar-refractivity contribution >= 4 is 39.5 Å². The van der Waals surface area contributed by atoms with Crippen LogP contribution in [0, 0.1) is 23.7 Å². The molecule has 1 spiro atoms.